The van der Waals surface area contributed by atoms with Crippen molar-refractivity contribution < 1.29 is 9.59 Å². The number of aromatic nitrogens is 1. The molecule has 106 valence electrons. The Kier molecular flexibility index (Phi) is 4.46. The summed E-state index contributed by atoms with van der Waals surface area (Å²) < 4.78 is 0. The molecule has 0 saturated carbocycles. The number of hydrogen-bond acceptors (Lipinski definition) is 3. The molecule has 0 atom stereocenters. The summed E-state index contributed by atoms with van der Waals surface area (Å²) >= 11 is 0. The standard InChI is InChI=1S/C16H15N3O2/c17-15(20)9-6-12(7-10-16(18)21)14-8-5-11-3-1-2-4-13(11)19-14/h1-10,12H,(H2,17,20)(H2,18,21)/b9-6+,10-7+. The maximum atomic E-state index is 10.9. The number of nitrogens with zero attached hydrogens (tertiary/aromatic N) is 1. The summed E-state index contributed by atoms with van der Waals surface area (Å²) in [5.74, 6) is -1.48. The van der Waals surface area contributed by atoms with Crippen molar-refractivity contribution in [3.63, 3.8) is 0 Å². The van der Waals surface area contributed by atoms with Gasteiger partial charge in [-0.2, -0.15) is 0 Å². The number of primary amides is 2. The number of amides is 2. The average molecular weight is 281 g/mol. The third kappa shape index (κ3) is 4.01. The molecule has 0 radical (unpaired) electrons. The molecule has 2 aromatic rings. The second kappa shape index (κ2) is 6.47. The van der Waals surface area contributed by atoms with E-state index in [0.29, 0.717) is 5.69 Å². The van der Waals surface area contributed by atoms with Crippen molar-refractivity contribution in [2.75, 3.05) is 0 Å². The van der Waals surface area contributed by atoms with Crippen LogP contribution < -0.4 is 11.5 Å². The first-order valence-corrected chi connectivity index (χ1v) is 6.37. The number of carbonyl (C=O) groups is 2. The summed E-state index contributed by atoms with van der Waals surface area (Å²) in [6.07, 6.45) is 5.65. The van der Waals surface area contributed by atoms with Gasteiger partial charge in [-0.1, -0.05) is 36.4 Å². The highest BCUT2D eigenvalue weighted by molar-refractivity contribution is 5.87. The van der Waals surface area contributed by atoms with E-state index in [4.69, 9.17) is 11.5 Å². The van der Waals surface area contributed by atoms with E-state index in [1.165, 1.54) is 12.2 Å². The van der Waals surface area contributed by atoms with Crippen molar-refractivity contribution in [1.29, 1.82) is 0 Å². The lowest BCUT2D eigenvalue weighted by atomic mass is 10.0. The molecule has 0 fully saturated rings. The number of allylic oxidation sites excluding steroid dienone is 2. The molecule has 1 aromatic heterocycles. The molecular formula is C16H15N3O2. The van der Waals surface area contributed by atoms with E-state index in [1.54, 1.807) is 12.2 Å². The lowest BCUT2D eigenvalue weighted by molar-refractivity contribution is -0.114. The van der Waals surface area contributed by atoms with E-state index in [1.807, 2.05) is 36.4 Å². The molecule has 2 rings (SSSR count). The molecule has 21 heavy (non-hydrogen) atoms. The summed E-state index contributed by atoms with van der Waals surface area (Å²) in [5.41, 5.74) is 11.7. The molecule has 1 aromatic carbocycles. The summed E-state index contributed by atoms with van der Waals surface area (Å²) in [7, 11) is 0. The van der Waals surface area contributed by atoms with E-state index in [-0.39, 0.29) is 5.92 Å². The normalized spacial score (nSPS) is 11.7. The highest BCUT2D eigenvalue weighted by atomic mass is 16.1. The molecule has 0 saturated heterocycles. The third-order valence-corrected chi connectivity index (χ3v) is 2.90. The average Bonchev–Trinajstić information content (AvgIpc) is 2.46. The maximum Gasteiger partial charge on any atom is 0.241 e. The van der Waals surface area contributed by atoms with Gasteiger partial charge < -0.3 is 11.5 Å². The Labute approximate surface area is 122 Å². The molecule has 1 heterocycles. The lowest BCUT2D eigenvalue weighted by Crippen LogP contribution is -2.08. The van der Waals surface area contributed by atoms with Gasteiger partial charge in [0.05, 0.1) is 11.2 Å². The van der Waals surface area contributed by atoms with Crippen molar-refractivity contribution in [2.24, 2.45) is 11.5 Å². The minimum Gasteiger partial charge on any atom is -0.366 e. The van der Waals surface area contributed by atoms with Gasteiger partial charge in [-0.05, 0) is 24.3 Å². The molecule has 0 aliphatic heterocycles. The largest absolute Gasteiger partial charge is 0.366 e. The molecule has 0 spiro atoms. The van der Waals surface area contributed by atoms with Crippen LogP contribution in [0.5, 0.6) is 0 Å². The molecule has 2 amide bonds. The molecule has 0 aliphatic rings. The van der Waals surface area contributed by atoms with Crippen molar-refractivity contribution in [3.05, 3.63) is 66.4 Å². The molecule has 0 unspecified atom stereocenters. The highest BCUT2D eigenvalue weighted by Crippen LogP contribution is 2.20. The first kappa shape index (κ1) is 14.5. The minimum absolute atomic E-state index is 0.352. The number of pyridine rings is 1. The number of benzene rings is 1. The fourth-order valence-corrected chi connectivity index (χ4v) is 1.93. The van der Waals surface area contributed by atoms with E-state index in [2.05, 4.69) is 4.98 Å². The molecule has 5 nitrogen and oxygen atoms in total. The van der Waals surface area contributed by atoms with Gasteiger partial charge >= 0.3 is 0 Å². The second-order valence-electron chi connectivity index (χ2n) is 4.48. The van der Waals surface area contributed by atoms with Crippen LogP contribution in [0.25, 0.3) is 10.9 Å². The molecule has 5 heteroatoms. The summed E-state index contributed by atoms with van der Waals surface area (Å²) in [5, 5.41) is 1.01. The van der Waals surface area contributed by atoms with Crippen LogP contribution in [0, 0.1) is 0 Å². The number of carbonyl (C=O) groups excluding carboxylic acids is 2. The number of nitrogens with two attached hydrogens (primary N) is 2. The van der Waals surface area contributed by atoms with Gasteiger partial charge in [0.2, 0.25) is 11.8 Å². The molecule has 4 N–H and O–H groups in total. The second-order valence-corrected chi connectivity index (χ2v) is 4.48. The van der Waals surface area contributed by atoms with E-state index in [9.17, 15) is 9.59 Å². The maximum absolute atomic E-state index is 10.9. The van der Waals surface area contributed by atoms with Crippen LogP contribution in [-0.2, 0) is 9.59 Å². The number of fused-ring (bicyclic) bond motifs is 1. The lowest BCUT2D eigenvalue weighted by Gasteiger charge is -2.08. The zero-order valence-corrected chi connectivity index (χ0v) is 11.3. The fourth-order valence-electron chi connectivity index (χ4n) is 1.93. The fraction of sp³-hybridized carbons (Fsp3) is 0.0625. The Morgan fingerprint density at radius 3 is 2.19 bits per heavy atom. The van der Waals surface area contributed by atoms with Crippen molar-refractivity contribution >= 4 is 22.7 Å². The van der Waals surface area contributed by atoms with Crippen molar-refractivity contribution in [3.8, 4) is 0 Å². The number of para-hydroxylation sites is 1. The summed E-state index contributed by atoms with van der Waals surface area (Å²) in [6.45, 7) is 0. The Hall–Kier alpha value is -2.95. The van der Waals surface area contributed by atoms with Crippen LogP contribution >= 0.6 is 0 Å². The van der Waals surface area contributed by atoms with Crippen LogP contribution in [0.15, 0.2) is 60.7 Å². The summed E-state index contributed by atoms with van der Waals surface area (Å²) in [4.78, 5) is 26.3. The van der Waals surface area contributed by atoms with Crippen LogP contribution in [-0.4, -0.2) is 16.8 Å². The van der Waals surface area contributed by atoms with E-state index in [0.717, 1.165) is 10.9 Å². The quantitative estimate of drug-likeness (QED) is 0.810. The van der Waals surface area contributed by atoms with Gasteiger partial charge in [0.15, 0.2) is 0 Å². The number of hydrogen-bond donors (Lipinski definition) is 2. The highest BCUT2D eigenvalue weighted by Gasteiger charge is 2.08. The first-order chi connectivity index (χ1) is 10.1. The summed E-state index contributed by atoms with van der Waals surface area (Å²) in [6, 6.07) is 11.4. The van der Waals surface area contributed by atoms with Gasteiger partial charge in [-0.25, -0.2) is 0 Å². The number of rotatable bonds is 5. The van der Waals surface area contributed by atoms with Gasteiger partial charge in [0.25, 0.3) is 0 Å². The topological polar surface area (TPSA) is 99.1 Å². The monoisotopic (exact) mass is 281 g/mol. The van der Waals surface area contributed by atoms with Crippen LogP contribution in [0.2, 0.25) is 0 Å². The van der Waals surface area contributed by atoms with Crippen molar-refractivity contribution in [1.82, 2.24) is 4.98 Å². The van der Waals surface area contributed by atoms with Gasteiger partial charge in [-0.3, -0.25) is 14.6 Å². The zero-order chi connectivity index (χ0) is 15.2. The Morgan fingerprint density at radius 2 is 1.57 bits per heavy atom. The Bertz CT molecular complexity index is 711. The van der Waals surface area contributed by atoms with Crippen LogP contribution in [0.4, 0.5) is 0 Å². The first-order valence-electron chi connectivity index (χ1n) is 6.37. The Balaban J connectivity index is 2.41. The zero-order valence-electron chi connectivity index (χ0n) is 11.3. The predicted molar refractivity (Wildman–Crippen MR) is 81.2 cm³/mol. The third-order valence-electron chi connectivity index (χ3n) is 2.90. The van der Waals surface area contributed by atoms with Gasteiger partial charge in [0, 0.05) is 11.3 Å². The van der Waals surface area contributed by atoms with Gasteiger partial charge in [-0.15, -0.1) is 0 Å². The predicted octanol–water partition coefficient (Wildman–Crippen LogP) is 1.40. The molecular weight excluding hydrogens is 266 g/mol. The van der Waals surface area contributed by atoms with Crippen molar-refractivity contribution in [2.45, 2.75) is 5.92 Å². The van der Waals surface area contributed by atoms with Crippen LogP contribution in [0.1, 0.15) is 11.6 Å². The molecule has 0 bridgehead atoms. The Morgan fingerprint density at radius 1 is 0.952 bits per heavy atom. The smallest absolute Gasteiger partial charge is 0.241 e. The van der Waals surface area contributed by atoms with Gasteiger partial charge in [0.1, 0.15) is 0 Å². The SMILES string of the molecule is NC(=O)/C=C/C(/C=C/C(N)=O)c1ccc2ccccc2n1. The van der Waals surface area contributed by atoms with E-state index < -0.39 is 11.8 Å². The van der Waals surface area contributed by atoms with Crippen LogP contribution in [0.3, 0.4) is 0 Å². The molecule has 0 aliphatic carbocycles. The van der Waals surface area contributed by atoms with E-state index >= 15 is 0 Å². The minimum atomic E-state index is -0.562.